The van der Waals surface area contributed by atoms with E-state index in [1.54, 1.807) is 57.8 Å². The second-order valence-corrected chi connectivity index (χ2v) is 17.6. The molecule has 38 heavy (non-hydrogen) atoms. The molecule has 4 atom stereocenters. The third-order valence-electron chi connectivity index (χ3n) is 8.53. The van der Waals surface area contributed by atoms with Gasteiger partial charge in [-0.05, 0) is 42.9 Å². The summed E-state index contributed by atoms with van der Waals surface area (Å²) < 4.78 is 19.6. The van der Waals surface area contributed by atoms with Crippen molar-refractivity contribution in [3.8, 4) is 0 Å². The van der Waals surface area contributed by atoms with Crippen molar-refractivity contribution in [2.75, 3.05) is 0 Å². The summed E-state index contributed by atoms with van der Waals surface area (Å²) in [6, 6.07) is 32.9. The summed E-state index contributed by atoms with van der Waals surface area (Å²) in [5.74, 6) is 4.66. The van der Waals surface area contributed by atoms with Crippen molar-refractivity contribution in [2.45, 2.75) is 64.2 Å². The molecule has 3 aromatic carbocycles. The summed E-state index contributed by atoms with van der Waals surface area (Å²) >= 11 is -1.98. The number of benzene rings is 3. The van der Waals surface area contributed by atoms with E-state index in [4.69, 9.17) is 9.30 Å². The van der Waals surface area contributed by atoms with Crippen LogP contribution in [0.4, 0.5) is 0 Å². The molecule has 0 spiro atoms. The van der Waals surface area contributed by atoms with Crippen LogP contribution in [0.15, 0.2) is 91.0 Å². The minimum absolute atomic E-state index is 0. The van der Waals surface area contributed by atoms with Crippen LogP contribution in [0, 0.1) is 37.0 Å². The van der Waals surface area contributed by atoms with Gasteiger partial charge in [-0.1, -0.05) is 44.9 Å². The van der Waals surface area contributed by atoms with E-state index in [2.05, 4.69) is 104 Å². The van der Waals surface area contributed by atoms with Gasteiger partial charge in [-0.15, -0.1) is 0 Å². The first kappa shape index (κ1) is 32.7. The first-order valence-corrected chi connectivity index (χ1v) is 18.1. The standard InChI is InChI=1S/C14H24.3C6H5.2CO.Fe.Sn/c1-2-6-11-10-12-7-4-5-9-14(12)13(11)8-3-1;3*1-2-4-6-5-3-1;2*1-2;;/h11-14H,1-10H2;3*1-5H;;;;. The first-order valence-electron chi connectivity index (χ1n) is 13.8. The quantitative estimate of drug-likeness (QED) is 0.176. The van der Waals surface area contributed by atoms with Crippen molar-refractivity contribution in [1.29, 1.82) is 0 Å². The van der Waals surface area contributed by atoms with Crippen LogP contribution in [0.25, 0.3) is 0 Å². The fourth-order valence-corrected chi connectivity index (χ4v) is 14.4. The molecule has 0 aromatic heterocycles. The van der Waals surface area contributed by atoms with Crippen LogP contribution in [0.5, 0.6) is 0 Å². The third kappa shape index (κ3) is 9.00. The zero-order valence-electron chi connectivity index (χ0n) is 22.2. The molecule has 4 unspecified atom stereocenters. The molecular formula is C34H39FeO2Sn. The number of hydrogen-bond acceptors (Lipinski definition) is 0. The predicted octanol–water partition coefficient (Wildman–Crippen LogP) is 6.52. The van der Waals surface area contributed by atoms with Crippen LogP contribution in [0.1, 0.15) is 64.2 Å². The van der Waals surface area contributed by atoms with E-state index >= 15 is 0 Å². The summed E-state index contributed by atoms with van der Waals surface area (Å²) in [7, 11) is 0. The zero-order chi connectivity index (χ0) is 26.3. The van der Waals surface area contributed by atoms with E-state index in [0.717, 1.165) is 11.8 Å². The van der Waals surface area contributed by atoms with Gasteiger partial charge in [-0.2, -0.15) is 0 Å². The number of hydrogen-bond donors (Lipinski definition) is 0. The number of rotatable bonds is 3. The maximum atomic E-state index is 7.50. The van der Waals surface area contributed by atoms with Gasteiger partial charge in [0.25, 0.3) is 0 Å². The molecule has 0 amide bonds. The van der Waals surface area contributed by atoms with Crippen molar-refractivity contribution in [3.05, 3.63) is 104 Å². The Labute approximate surface area is 247 Å². The zero-order valence-corrected chi connectivity index (χ0v) is 26.2. The average Bonchev–Trinajstić information content (AvgIpc) is 3.18. The summed E-state index contributed by atoms with van der Waals surface area (Å²) in [5.41, 5.74) is 0. The van der Waals surface area contributed by atoms with Gasteiger partial charge in [0, 0.05) is 17.1 Å². The van der Waals surface area contributed by atoms with Crippen molar-refractivity contribution in [2.24, 2.45) is 23.7 Å². The van der Waals surface area contributed by atoms with Gasteiger partial charge < -0.3 is 0 Å². The van der Waals surface area contributed by atoms with Crippen molar-refractivity contribution >= 4 is 30.5 Å². The topological polar surface area (TPSA) is 39.8 Å². The molecule has 0 bridgehead atoms. The van der Waals surface area contributed by atoms with E-state index in [1.165, 1.54) is 29.0 Å². The van der Waals surface area contributed by atoms with Crippen LogP contribution in [0.3, 0.4) is 0 Å². The van der Waals surface area contributed by atoms with Crippen molar-refractivity contribution < 1.29 is 26.4 Å². The summed E-state index contributed by atoms with van der Waals surface area (Å²) in [4.78, 5) is 0. The van der Waals surface area contributed by atoms with Gasteiger partial charge in [0.15, 0.2) is 0 Å². The Balaban J connectivity index is 0.000000238. The molecule has 3 aromatic rings. The van der Waals surface area contributed by atoms with E-state index in [1.807, 2.05) is 0 Å². The van der Waals surface area contributed by atoms with Crippen molar-refractivity contribution in [1.82, 2.24) is 0 Å². The molecule has 3 fully saturated rings. The average molecular weight is 654 g/mol. The molecular weight excluding hydrogens is 615 g/mol. The Hall–Kier alpha value is -1.54. The Morgan fingerprint density at radius 3 is 1.18 bits per heavy atom. The van der Waals surface area contributed by atoms with E-state index < -0.39 is 19.8 Å². The predicted molar refractivity (Wildman–Crippen MR) is 152 cm³/mol. The second kappa shape index (κ2) is 18.7. The molecule has 3 aliphatic rings. The van der Waals surface area contributed by atoms with Crippen LogP contribution in [0.2, 0.25) is 0 Å². The van der Waals surface area contributed by atoms with Crippen LogP contribution < -0.4 is 10.7 Å². The summed E-state index contributed by atoms with van der Waals surface area (Å²) in [6.07, 6.45) is 15.7. The van der Waals surface area contributed by atoms with E-state index in [-0.39, 0.29) is 17.1 Å². The first-order chi connectivity index (χ1) is 18.4. The minimum atomic E-state index is -1.98. The van der Waals surface area contributed by atoms with Crippen LogP contribution >= 0.6 is 0 Å². The van der Waals surface area contributed by atoms with Crippen LogP contribution in [-0.4, -0.2) is 19.8 Å². The fraction of sp³-hybridized carbons (Fsp3) is 0.412. The maximum absolute atomic E-state index is 7.50. The molecule has 3 saturated carbocycles. The molecule has 0 saturated heterocycles. The Morgan fingerprint density at radius 2 is 0.789 bits per heavy atom. The van der Waals surface area contributed by atoms with Gasteiger partial charge >= 0.3 is 144 Å². The molecule has 0 aliphatic heterocycles. The Bertz CT molecular complexity index is 954. The normalized spacial score (nSPS) is 23.1. The van der Waals surface area contributed by atoms with E-state index in [0.29, 0.717) is 0 Å². The molecule has 199 valence electrons. The van der Waals surface area contributed by atoms with Gasteiger partial charge in [0.05, 0.1) is 0 Å². The third-order valence-corrected chi connectivity index (χ3v) is 16.3. The van der Waals surface area contributed by atoms with Crippen LogP contribution in [-0.2, 0) is 26.4 Å². The summed E-state index contributed by atoms with van der Waals surface area (Å²) in [5, 5.41) is 0. The SMILES string of the molecule is C1CCC2CC3CCCCC3C2CC1.[C-]#[O+].[C-]#[O+].[Fe].c1cc[c]([Sn]([c]2ccccc2)[c]2ccccc2)cc1. The molecule has 4 heteroatoms. The van der Waals surface area contributed by atoms with Gasteiger partial charge in [0.2, 0.25) is 0 Å². The Morgan fingerprint density at radius 1 is 0.474 bits per heavy atom. The van der Waals surface area contributed by atoms with Gasteiger partial charge in [0.1, 0.15) is 0 Å². The molecule has 0 heterocycles. The van der Waals surface area contributed by atoms with Gasteiger partial charge in [-0.3, -0.25) is 0 Å². The molecule has 3 aliphatic carbocycles. The fourth-order valence-electron chi connectivity index (χ4n) is 7.07. The monoisotopic (exact) mass is 655 g/mol. The number of fused-ring (bicyclic) bond motifs is 3. The molecule has 2 nitrogen and oxygen atoms in total. The Kier molecular flexibility index (Phi) is 16.1. The molecule has 0 N–H and O–H groups in total. The molecule has 6 rings (SSSR count). The van der Waals surface area contributed by atoms with E-state index in [9.17, 15) is 0 Å². The molecule has 1 radical (unpaired) electrons. The summed E-state index contributed by atoms with van der Waals surface area (Å²) in [6.45, 7) is 9.00. The second-order valence-electron chi connectivity index (χ2n) is 10.5. The van der Waals surface area contributed by atoms with Crippen molar-refractivity contribution in [3.63, 3.8) is 0 Å². The van der Waals surface area contributed by atoms with Gasteiger partial charge in [-0.25, -0.2) is 0 Å².